The molecule has 1 aromatic rings. The summed E-state index contributed by atoms with van der Waals surface area (Å²) in [6.45, 7) is 1.59. The summed E-state index contributed by atoms with van der Waals surface area (Å²) in [5.74, 6) is -1.99. The van der Waals surface area contributed by atoms with E-state index in [1.54, 1.807) is 4.90 Å². The van der Waals surface area contributed by atoms with Crippen molar-refractivity contribution in [1.82, 2.24) is 15.5 Å². The Bertz CT molecular complexity index is 742. The van der Waals surface area contributed by atoms with Crippen LogP contribution in [0.15, 0.2) is 18.2 Å². The minimum Gasteiger partial charge on any atom is -0.350 e. The van der Waals surface area contributed by atoms with Crippen LogP contribution in [0.1, 0.15) is 48.9 Å². The van der Waals surface area contributed by atoms with Crippen LogP contribution in [-0.2, 0) is 4.79 Å². The van der Waals surface area contributed by atoms with Gasteiger partial charge in [0.25, 0.3) is 5.91 Å². The first-order valence-electron chi connectivity index (χ1n) is 9.83. The molecule has 1 aliphatic carbocycles. The Kier molecular flexibility index (Phi) is 6.55. The summed E-state index contributed by atoms with van der Waals surface area (Å²) in [5.41, 5.74) is -0.164. The summed E-state index contributed by atoms with van der Waals surface area (Å²) in [4.78, 5) is 27.7. The van der Waals surface area contributed by atoms with Crippen molar-refractivity contribution in [3.8, 4) is 0 Å². The molecular formula is C20H26ClF2N3O2. The highest BCUT2D eigenvalue weighted by Gasteiger charge is 2.48. The van der Waals surface area contributed by atoms with E-state index in [9.17, 15) is 18.4 Å². The predicted octanol–water partition coefficient (Wildman–Crippen LogP) is 2.64. The van der Waals surface area contributed by atoms with Crippen LogP contribution in [-0.4, -0.2) is 47.9 Å². The molecule has 5 nitrogen and oxygen atoms in total. The summed E-state index contributed by atoms with van der Waals surface area (Å²) in [6.07, 6.45) is 5.38. The number of fused-ring (bicyclic) bond motifs is 1. The number of benzene rings is 1. The van der Waals surface area contributed by atoms with E-state index in [4.69, 9.17) is 0 Å². The lowest BCUT2D eigenvalue weighted by Crippen LogP contribution is -2.52. The molecular weight excluding hydrogens is 388 g/mol. The van der Waals surface area contributed by atoms with Gasteiger partial charge in [0.1, 0.15) is 17.7 Å². The molecule has 1 aromatic carbocycles. The first-order valence-corrected chi connectivity index (χ1v) is 9.83. The van der Waals surface area contributed by atoms with Crippen LogP contribution in [0.25, 0.3) is 0 Å². The Morgan fingerprint density at radius 3 is 2.64 bits per heavy atom. The quantitative estimate of drug-likeness (QED) is 0.800. The van der Waals surface area contributed by atoms with Crippen molar-refractivity contribution in [1.29, 1.82) is 0 Å². The maximum absolute atomic E-state index is 14.2. The van der Waals surface area contributed by atoms with E-state index in [1.165, 1.54) is 6.07 Å². The normalized spacial score (nSPS) is 29.1. The van der Waals surface area contributed by atoms with E-state index in [2.05, 4.69) is 10.6 Å². The number of carbonyl (C=O) groups is 2. The van der Waals surface area contributed by atoms with Crippen molar-refractivity contribution in [2.75, 3.05) is 13.1 Å². The molecule has 2 amide bonds. The molecule has 4 unspecified atom stereocenters. The van der Waals surface area contributed by atoms with E-state index >= 15 is 0 Å². The number of rotatable bonds is 3. The number of nitrogens with zero attached hydrogens (tertiary/aromatic N) is 1. The molecule has 2 saturated heterocycles. The highest BCUT2D eigenvalue weighted by Crippen LogP contribution is 2.40. The second kappa shape index (κ2) is 8.74. The fourth-order valence-electron chi connectivity index (χ4n) is 4.86. The van der Waals surface area contributed by atoms with Gasteiger partial charge < -0.3 is 15.5 Å². The topological polar surface area (TPSA) is 61.4 Å². The molecule has 2 aliphatic heterocycles. The van der Waals surface area contributed by atoms with E-state index in [0.717, 1.165) is 57.3 Å². The molecule has 8 heteroatoms. The fourth-order valence-corrected chi connectivity index (χ4v) is 4.86. The number of carbonyl (C=O) groups excluding carboxylic acids is 2. The largest absolute Gasteiger partial charge is 0.350 e. The van der Waals surface area contributed by atoms with Crippen molar-refractivity contribution in [3.63, 3.8) is 0 Å². The summed E-state index contributed by atoms with van der Waals surface area (Å²) in [6, 6.07) is 2.42. The minimum absolute atomic E-state index is 0. The molecule has 0 aromatic heterocycles. The van der Waals surface area contributed by atoms with Gasteiger partial charge in [-0.1, -0.05) is 12.8 Å². The highest BCUT2D eigenvalue weighted by molar-refractivity contribution is 5.98. The summed E-state index contributed by atoms with van der Waals surface area (Å²) >= 11 is 0. The molecule has 2 N–H and O–H groups in total. The van der Waals surface area contributed by atoms with Gasteiger partial charge in [-0.05, 0) is 50.3 Å². The smallest absolute Gasteiger partial charge is 0.257 e. The number of hydrogen-bond acceptors (Lipinski definition) is 3. The third kappa shape index (κ3) is 4.01. The SMILES string of the molecule is Cl.O=C(NC1CCNC1)C1CC2CCCCC2N1C(=O)c1ccc(F)cc1F. The highest BCUT2D eigenvalue weighted by atomic mass is 35.5. The van der Waals surface area contributed by atoms with Gasteiger partial charge >= 0.3 is 0 Å². The van der Waals surface area contributed by atoms with Crippen LogP contribution in [0.5, 0.6) is 0 Å². The van der Waals surface area contributed by atoms with Crippen LogP contribution in [0.4, 0.5) is 8.78 Å². The van der Waals surface area contributed by atoms with E-state index in [0.29, 0.717) is 6.42 Å². The van der Waals surface area contributed by atoms with Crippen molar-refractivity contribution < 1.29 is 18.4 Å². The van der Waals surface area contributed by atoms with Gasteiger partial charge in [0.15, 0.2) is 0 Å². The molecule has 4 rings (SSSR count). The first-order chi connectivity index (χ1) is 13.0. The molecule has 28 heavy (non-hydrogen) atoms. The second-order valence-electron chi connectivity index (χ2n) is 7.90. The lowest BCUT2D eigenvalue weighted by Gasteiger charge is -2.34. The zero-order valence-corrected chi connectivity index (χ0v) is 16.4. The zero-order chi connectivity index (χ0) is 19.0. The Morgan fingerprint density at radius 2 is 1.93 bits per heavy atom. The van der Waals surface area contributed by atoms with Crippen molar-refractivity contribution in [3.05, 3.63) is 35.4 Å². The van der Waals surface area contributed by atoms with Gasteiger partial charge in [0.05, 0.1) is 5.56 Å². The number of likely N-dealkylation sites (tertiary alicyclic amines) is 1. The van der Waals surface area contributed by atoms with Crippen LogP contribution in [0.3, 0.4) is 0 Å². The predicted molar refractivity (Wildman–Crippen MR) is 103 cm³/mol. The fraction of sp³-hybridized carbons (Fsp3) is 0.600. The molecule has 1 saturated carbocycles. The first kappa shape index (κ1) is 21.0. The van der Waals surface area contributed by atoms with E-state index in [-0.39, 0.29) is 41.9 Å². The van der Waals surface area contributed by atoms with Gasteiger partial charge in [-0.2, -0.15) is 0 Å². The Morgan fingerprint density at radius 1 is 1.14 bits per heavy atom. The maximum atomic E-state index is 14.2. The lowest BCUT2D eigenvalue weighted by molar-refractivity contribution is -0.125. The summed E-state index contributed by atoms with van der Waals surface area (Å²) in [7, 11) is 0. The molecule has 0 spiro atoms. The van der Waals surface area contributed by atoms with Gasteiger partial charge in [-0.3, -0.25) is 9.59 Å². The minimum atomic E-state index is -0.876. The number of amides is 2. The third-order valence-corrected chi connectivity index (χ3v) is 6.19. The summed E-state index contributed by atoms with van der Waals surface area (Å²) in [5, 5.41) is 6.25. The van der Waals surface area contributed by atoms with Gasteiger partial charge in [0, 0.05) is 24.7 Å². The Labute approximate surface area is 169 Å². The van der Waals surface area contributed by atoms with Gasteiger partial charge in [-0.25, -0.2) is 8.78 Å². The monoisotopic (exact) mass is 413 g/mol. The van der Waals surface area contributed by atoms with Crippen molar-refractivity contribution in [2.45, 2.75) is 56.7 Å². The molecule has 4 atom stereocenters. The average molecular weight is 414 g/mol. The van der Waals surface area contributed by atoms with Crippen LogP contribution in [0, 0.1) is 17.6 Å². The Hall–Kier alpha value is -1.73. The molecule has 3 fully saturated rings. The zero-order valence-electron chi connectivity index (χ0n) is 15.6. The molecule has 0 radical (unpaired) electrons. The van der Waals surface area contributed by atoms with Crippen LogP contribution in [0.2, 0.25) is 0 Å². The van der Waals surface area contributed by atoms with Gasteiger partial charge in [0.2, 0.25) is 5.91 Å². The van der Waals surface area contributed by atoms with Crippen LogP contribution >= 0.6 is 12.4 Å². The molecule has 2 heterocycles. The molecule has 0 bridgehead atoms. The second-order valence-corrected chi connectivity index (χ2v) is 7.90. The molecule has 3 aliphatic rings. The van der Waals surface area contributed by atoms with Crippen molar-refractivity contribution >= 4 is 24.2 Å². The average Bonchev–Trinajstić information content (AvgIpc) is 3.28. The maximum Gasteiger partial charge on any atom is 0.257 e. The lowest BCUT2D eigenvalue weighted by atomic mass is 9.84. The number of nitrogens with one attached hydrogen (secondary N) is 2. The number of hydrogen-bond donors (Lipinski definition) is 2. The number of halogens is 3. The third-order valence-electron chi connectivity index (χ3n) is 6.19. The molecule has 154 valence electrons. The van der Waals surface area contributed by atoms with Crippen molar-refractivity contribution in [2.24, 2.45) is 5.92 Å². The summed E-state index contributed by atoms with van der Waals surface area (Å²) < 4.78 is 27.5. The van der Waals surface area contributed by atoms with Gasteiger partial charge in [-0.15, -0.1) is 12.4 Å². The standard InChI is InChI=1S/C20H25F2N3O2.ClH/c21-13-5-6-15(16(22)10-13)20(27)25-17-4-2-1-3-12(17)9-18(25)19(26)24-14-7-8-23-11-14;/h5-6,10,12,14,17-18,23H,1-4,7-9,11H2,(H,24,26);1H. The van der Waals surface area contributed by atoms with E-state index in [1.807, 2.05) is 0 Å². The van der Waals surface area contributed by atoms with Crippen LogP contribution < -0.4 is 10.6 Å². The van der Waals surface area contributed by atoms with E-state index < -0.39 is 23.6 Å². The Balaban J connectivity index is 0.00000225.